The zero-order valence-corrected chi connectivity index (χ0v) is 5.61. The number of aliphatic hydroxyl groups is 1. The number of alkyl halides is 2. The molecule has 2 bridgehead atoms. The highest BCUT2D eigenvalue weighted by atomic mass is 19.1. The van der Waals surface area contributed by atoms with Crippen molar-refractivity contribution in [2.45, 2.75) is 30.8 Å². The molecule has 0 saturated carbocycles. The molecule has 3 nitrogen and oxygen atoms in total. The minimum atomic E-state index is -1.76. The summed E-state index contributed by atoms with van der Waals surface area (Å²) in [5, 5.41) is 8.92. The largest absolute Gasteiger partial charge is 0.387 e. The van der Waals surface area contributed by atoms with Crippen LogP contribution in [0.15, 0.2) is 0 Å². The van der Waals surface area contributed by atoms with Crippen molar-refractivity contribution < 1.29 is 23.4 Å². The first-order valence-corrected chi connectivity index (χ1v) is 3.43. The second kappa shape index (κ2) is 2.36. The van der Waals surface area contributed by atoms with E-state index in [1.807, 2.05) is 0 Å². The van der Waals surface area contributed by atoms with E-state index in [1.165, 1.54) is 0 Å². The first kappa shape index (κ1) is 7.39. The molecule has 0 aromatic rings. The van der Waals surface area contributed by atoms with Gasteiger partial charge in [0.2, 0.25) is 0 Å². The van der Waals surface area contributed by atoms with Crippen LogP contribution in [0, 0.1) is 0 Å². The molecule has 2 saturated heterocycles. The van der Waals surface area contributed by atoms with Crippen LogP contribution >= 0.6 is 0 Å². The van der Waals surface area contributed by atoms with Gasteiger partial charge in [-0.25, -0.2) is 8.78 Å². The molecule has 0 aromatic heterocycles. The van der Waals surface area contributed by atoms with Crippen molar-refractivity contribution in [1.82, 2.24) is 0 Å². The number of rotatable bonds is 0. The normalized spacial score (nSPS) is 56.5. The van der Waals surface area contributed by atoms with Gasteiger partial charge in [-0.05, 0) is 0 Å². The van der Waals surface area contributed by atoms with E-state index < -0.39 is 30.8 Å². The molecule has 5 atom stereocenters. The third-order valence-electron chi connectivity index (χ3n) is 2.00. The average Bonchev–Trinajstić information content (AvgIpc) is 2.44. The number of ether oxygens (including phenoxy) is 2. The molecule has 64 valence electrons. The minimum Gasteiger partial charge on any atom is -0.387 e. The molecule has 11 heavy (non-hydrogen) atoms. The second-order valence-electron chi connectivity index (χ2n) is 2.76. The summed E-state index contributed by atoms with van der Waals surface area (Å²) in [6.07, 6.45) is -6.88. The SMILES string of the molecule is O[C@H]1[C@@H](F)[C@@H]2OC[C@@H](O2)[C@H]1F. The Bertz CT molecular complexity index is 146. The Labute approximate surface area is 61.9 Å². The third kappa shape index (κ3) is 0.953. The maximum atomic E-state index is 12.8. The second-order valence-corrected chi connectivity index (χ2v) is 2.76. The van der Waals surface area contributed by atoms with Gasteiger partial charge in [0, 0.05) is 0 Å². The molecule has 2 aliphatic rings. The maximum Gasteiger partial charge on any atom is 0.192 e. The van der Waals surface area contributed by atoms with Gasteiger partial charge < -0.3 is 14.6 Å². The lowest BCUT2D eigenvalue weighted by Gasteiger charge is -2.29. The monoisotopic (exact) mass is 166 g/mol. The number of hydrogen-bond acceptors (Lipinski definition) is 3. The van der Waals surface area contributed by atoms with Crippen LogP contribution in [0.5, 0.6) is 0 Å². The lowest BCUT2D eigenvalue weighted by molar-refractivity contribution is -0.192. The van der Waals surface area contributed by atoms with Gasteiger partial charge in [0.15, 0.2) is 18.6 Å². The zero-order chi connectivity index (χ0) is 8.01. The Morgan fingerprint density at radius 1 is 1.27 bits per heavy atom. The predicted molar refractivity (Wildman–Crippen MR) is 30.4 cm³/mol. The zero-order valence-electron chi connectivity index (χ0n) is 5.61. The van der Waals surface area contributed by atoms with Crippen molar-refractivity contribution in [1.29, 1.82) is 0 Å². The fraction of sp³-hybridized carbons (Fsp3) is 1.00. The van der Waals surface area contributed by atoms with E-state index in [0.717, 1.165) is 0 Å². The molecule has 0 aliphatic carbocycles. The summed E-state index contributed by atoms with van der Waals surface area (Å²) in [7, 11) is 0. The van der Waals surface area contributed by atoms with Crippen molar-refractivity contribution in [2.75, 3.05) is 6.61 Å². The topological polar surface area (TPSA) is 38.7 Å². The van der Waals surface area contributed by atoms with Crippen molar-refractivity contribution in [3.8, 4) is 0 Å². The highest BCUT2D eigenvalue weighted by Crippen LogP contribution is 2.31. The minimum absolute atomic E-state index is 0.0311. The molecule has 5 heteroatoms. The van der Waals surface area contributed by atoms with Gasteiger partial charge in [-0.2, -0.15) is 0 Å². The Balaban J connectivity index is 2.16. The quantitative estimate of drug-likeness (QED) is 0.540. The molecule has 2 rings (SSSR count). The number of aliphatic hydroxyl groups excluding tert-OH is 1. The molecular weight excluding hydrogens is 158 g/mol. The molecule has 0 aromatic carbocycles. The van der Waals surface area contributed by atoms with Gasteiger partial charge >= 0.3 is 0 Å². The maximum absolute atomic E-state index is 12.8. The molecule has 1 N–H and O–H groups in total. The molecule has 0 radical (unpaired) electrons. The fourth-order valence-corrected chi connectivity index (χ4v) is 1.33. The number of fused-ring (bicyclic) bond motifs is 2. The lowest BCUT2D eigenvalue weighted by atomic mass is 10.0. The van der Waals surface area contributed by atoms with E-state index in [9.17, 15) is 8.78 Å². The van der Waals surface area contributed by atoms with E-state index >= 15 is 0 Å². The summed E-state index contributed by atoms with van der Waals surface area (Å²) in [4.78, 5) is 0. The van der Waals surface area contributed by atoms with Gasteiger partial charge in [-0.1, -0.05) is 0 Å². The lowest BCUT2D eigenvalue weighted by Crippen LogP contribution is -2.49. The van der Waals surface area contributed by atoms with Crippen LogP contribution in [0.4, 0.5) is 8.78 Å². The Morgan fingerprint density at radius 3 is 2.73 bits per heavy atom. The summed E-state index contributed by atoms with van der Waals surface area (Å²) in [5.41, 5.74) is 0. The van der Waals surface area contributed by atoms with Gasteiger partial charge in [0.25, 0.3) is 0 Å². The summed E-state index contributed by atoms with van der Waals surface area (Å²) in [6, 6.07) is 0. The van der Waals surface area contributed by atoms with Crippen LogP contribution in [0.1, 0.15) is 0 Å². The number of hydrogen-bond donors (Lipinski definition) is 1. The highest BCUT2D eigenvalue weighted by Gasteiger charge is 2.50. The Kier molecular flexibility index (Phi) is 1.59. The van der Waals surface area contributed by atoms with Crippen molar-refractivity contribution in [2.24, 2.45) is 0 Å². The van der Waals surface area contributed by atoms with Crippen LogP contribution in [-0.2, 0) is 9.47 Å². The average molecular weight is 166 g/mol. The first-order chi connectivity index (χ1) is 5.20. The van der Waals surface area contributed by atoms with Crippen molar-refractivity contribution >= 4 is 0 Å². The van der Waals surface area contributed by atoms with E-state index in [-0.39, 0.29) is 6.61 Å². The third-order valence-corrected chi connectivity index (χ3v) is 2.00. The number of halogens is 2. The van der Waals surface area contributed by atoms with Crippen LogP contribution in [-0.4, -0.2) is 42.6 Å². The summed E-state index contributed by atoms with van der Waals surface area (Å²) >= 11 is 0. The Morgan fingerprint density at radius 2 is 2.00 bits per heavy atom. The van der Waals surface area contributed by atoms with Crippen LogP contribution < -0.4 is 0 Å². The predicted octanol–water partition coefficient (Wildman–Crippen LogP) is -0.221. The van der Waals surface area contributed by atoms with Gasteiger partial charge in [0.1, 0.15) is 12.2 Å². The molecule has 2 aliphatic heterocycles. The smallest absolute Gasteiger partial charge is 0.192 e. The fourth-order valence-electron chi connectivity index (χ4n) is 1.33. The van der Waals surface area contributed by atoms with Gasteiger partial charge in [-0.3, -0.25) is 0 Å². The van der Waals surface area contributed by atoms with E-state index in [2.05, 4.69) is 0 Å². The molecule has 2 heterocycles. The van der Waals surface area contributed by atoms with Crippen LogP contribution in [0.2, 0.25) is 0 Å². The molecule has 0 unspecified atom stereocenters. The van der Waals surface area contributed by atoms with Crippen molar-refractivity contribution in [3.05, 3.63) is 0 Å². The van der Waals surface area contributed by atoms with Gasteiger partial charge in [0.05, 0.1) is 6.61 Å². The van der Waals surface area contributed by atoms with Crippen molar-refractivity contribution in [3.63, 3.8) is 0 Å². The highest BCUT2D eigenvalue weighted by molar-refractivity contribution is 4.93. The Hall–Kier alpha value is -0.260. The molecule has 2 fully saturated rings. The van der Waals surface area contributed by atoms with Crippen LogP contribution in [0.3, 0.4) is 0 Å². The summed E-state index contributed by atoms with van der Waals surface area (Å²) < 4.78 is 35.1. The molecular formula is C6H8F2O3. The van der Waals surface area contributed by atoms with Gasteiger partial charge in [-0.15, -0.1) is 0 Å². The summed E-state index contributed by atoms with van der Waals surface area (Å²) in [5.74, 6) is 0. The summed E-state index contributed by atoms with van der Waals surface area (Å²) in [6.45, 7) is 0.0311. The van der Waals surface area contributed by atoms with E-state index in [0.29, 0.717) is 0 Å². The first-order valence-electron chi connectivity index (χ1n) is 3.43. The van der Waals surface area contributed by atoms with Crippen LogP contribution in [0.25, 0.3) is 0 Å². The standard InChI is InChI=1S/C6H8F2O3/c7-3-2-1-10-6(11-2)4(8)5(3)9/h2-6,9H,1H2/t2-,3-,4-,5-,6-/m1/s1. The molecule has 0 amide bonds. The van der Waals surface area contributed by atoms with E-state index in [4.69, 9.17) is 14.6 Å². The molecule has 0 spiro atoms. The van der Waals surface area contributed by atoms with E-state index in [1.54, 1.807) is 0 Å².